The van der Waals surface area contributed by atoms with E-state index in [1.165, 1.54) is 38.6 Å². The highest BCUT2D eigenvalue weighted by Gasteiger charge is 2.26. The first kappa shape index (κ1) is 13.8. The Morgan fingerprint density at radius 2 is 2.20 bits per heavy atom. The average molecular weight is 275 g/mol. The fourth-order valence-electron chi connectivity index (χ4n) is 2.96. The predicted molar refractivity (Wildman–Crippen MR) is 79.9 cm³/mol. The van der Waals surface area contributed by atoms with Gasteiger partial charge in [0.05, 0.1) is 12.8 Å². The van der Waals surface area contributed by atoms with E-state index in [0.29, 0.717) is 11.9 Å². The number of ether oxygens (including phenoxy) is 1. The molecule has 2 fully saturated rings. The molecule has 20 heavy (non-hydrogen) atoms. The molecule has 4 nitrogen and oxygen atoms in total. The molecule has 2 heterocycles. The first-order chi connectivity index (χ1) is 9.85. The lowest BCUT2D eigenvalue weighted by atomic mass is 10.0. The molecule has 4 heteroatoms. The van der Waals surface area contributed by atoms with E-state index < -0.39 is 0 Å². The Kier molecular flexibility index (Phi) is 4.53. The second-order valence-electron chi connectivity index (χ2n) is 5.97. The second-order valence-corrected chi connectivity index (χ2v) is 5.97. The van der Waals surface area contributed by atoms with Gasteiger partial charge in [0.2, 0.25) is 5.88 Å². The Hall–Kier alpha value is -1.13. The lowest BCUT2D eigenvalue weighted by molar-refractivity contribution is 0.135. The van der Waals surface area contributed by atoms with Crippen LogP contribution < -0.4 is 10.1 Å². The SMILES string of the molecule is COc1cccc(CN2CCCCC2CNC2CC2)n1. The third-order valence-corrected chi connectivity index (χ3v) is 4.32. The number of likely N-dealkylation sites (tertiary alicyclic amines) is 1. The Balaban J connectivity index is 1.59. The van der Waals surface area contributed by atoms with Gasteiger partial charge in [0, 0.05) is 31.2 Å². The molecule has 1 aliphatic carbocycles. The van der Waals surface area contributed by atoms with Crippen molar-refractivity contribution in [1.29, 1.82) is 0 Å². The minimum Gasteiger partial charge on any atom is -0.481 e. The smallest absolute Gasteiger partial charge is 0.213 e. The largest absolute Gasteiger partial charge is 0.481 e. The normalized spacial score (nSPS) is 23.8. The van der Waals surface area contributed by atoms with E-state index in [2.05, 4.69) is 21.3 Å². The summed E-state index contributed by atoms with van der Waals surface area (Å²) in [5.41, 5.74) is 1.11. The first-order valence-corrected chi connectivity index (χ1v) is 7.82. The standard InChI is InChI=1S/C16H25N3O/c1-20-16-7-4-5-14(18-16)12-19-10-3-2-6-15(19)11-17-13-8-9-13/h4-5,7,13,15,17H,2-3,6,8-12H2,1H3. The number of nitrogens with zero attached hydrogens (tertiary/aromatic N) is 2. The number of pyridine rings is 1. The third kappa shape index (κ3) is 3.70. The summed E-state index contributed by atoms with van der Waals surface area (Å²) in [5.74, 6) is 0.715. The Labute approximate surface area is 121 Å². The molecular formula is C16H25N3O. The molecule has 0 radical (unpaired) electrons. The molecule has 2 aliphatic rings. The van der Waals surface area contributed by atoms with E-state index in [1.54, 1.807) is 7.11 Å². The van der Waals surface area contributed by atoms with Gasteiger partial charge < -0.3 is 10.1 Å². The second kappa shape index (κ2) is 6.55. The number of hydrogen-bond acceptors (Lipinski definition) is 4. The maximum atomic E-state index is 5.22. The molecule has 1 unspecified atom stereocenters. The van der Waals surface area contributed by atoms with Gasteiger partial charge >= 0.3 is 0 Å². The summed E-state index contributed by atoms with van der Waals surface area (Å²) in [5, 5.41) is 3.68. The van der Waals surface area contributed by atoms with Crippen molar-refractivity contribution in [3.05, 3.63) is 23.9 Å². The molecule has 0 bridgehead atoms. The molecule has 1 aromatic rings. The van der Waals surface area contributed by atoms with Crippen LogP contribution in [0.5, 0.6) is 5.88 Å². The highest BCUT2D eigenvalue weighted by atomic mass is 16.5. The van der Waals surface area contributed by atoms with Crippen molar-refractivity contribution in [3.8, 4) is 5.88 Å². The van der Waals surface area contributed by atoms with Crippen LogP contribution in [-0.4, -0.2) is 42.2 Å². The van der Waals surface area contributed by atoms with Gasteiger partial charge in [-0.3, -0.25) is 4.90 Å². The van der Waals surface area contributed by atoms with Crippen LogP contribution in [0.4, 0.5) is 0 Å². The van der Waals surface area contributed by atoms with Gasteiger partial charge in [-0.1, -0.05) is 12.5 Å². The summed E-state index contributed by atoms with van der Waals surface area (Å²) >= 11 is 0. The quantitative estimate of drug-likeness (QED) is 0.863. The van der Waals surface area contributed by atoms with Crippen molar-refractivity contribution in [3.63, 3.8) is 0 Å². The average Bonchev–Trinajstić information content (AvgIpc) is 3.31. The zero-order valence-corrected chi connectivity index (χ0v) is 12.3. The zero-order valence-electron chi connectivity index (χ0n) is 12.3. The molecule has 110 valence electrons. The fraction of sp³-hybridized carbons (Fsp3) is 0.688. The van der Waals surface area contributed by atoms with Gasteiger partial charge in [-0.15, -0.1) is 0 Å². The number of rotatable bonds is 6. The lowest BCUT2D eigenvalue weighted by Gasteiger charge is -2.35. The summed E-state index contributed by atoms with van der Waals surface area (Å²) < 4.78 is 5.22. The van der Waals surface area contributed by atoms with E-state index >= 15 is 0 Å². The maximum Gasteiger partial charge on any atom is 0.213 e. The number of nitrogens with one attached hydrogen (secondary N) is 1. The van der Waals surface area contributed by atoms with Gasteiger partial charge in [-0.2, -0.15) is 0 Å². The van der Waals surface area contributed by atoms with Crippen molar-refractivity contribution in [2.45, 2.75) is 50.7 Å². The maximum absolute atomic E-state index is 5.22. The van der Waals surface area contributed by atoms with Crippen LogP contribution in [0.2, 0.25) is 0 Å². The molecule has 3 rings (SSSR count). The minimum atomic E-state index is 0.664. The van der Waals surface area contributed by atoms with Crippen LogP contribution in [-0.2, 0) is 6.54 Å². The van der Waals surface area contributed by atoms with Crippen molar-refractivity contribution < 1.29 is 4.74 Å². The number of methoxy groups -OCH3 is 1. The summed E-state index contributed by atoms with van der Waals surface area (Å²) in [4.78, 5) is 7.13. The van der Waals surface area contributed by atoms with Crippen LogP contribution in [0, 0.1) is 0 Å². The first-order valence-electron chi connectivity index (χ1n) is 7.82. The lowest BCUT2D eigenvalue weighted by Crippen LogP contribution is -2.45. The monoisotopic (exact) mass is 275 g/mol. The van der Waals surface area contributed by atoms with Crippen molar-refractivity contribution >= 4 is 0 Å². The van der Waals surface area contributed by atoms with E-state index in [1.807, 2.05) is 12.1 Å². The van der Waals surface area contributed by atoms with Crippen molar-refractivity contribution in [2.24, 2.45) is 0 Å². The van der Waals surface area contributed by atoms with Crippen molar-refractivity contribution in [1.82, 2.24) is 15.2 Å². The van der Waals surface area contributed by atoms with Gasteiger partial charge in [0.25, 0.3) is 0 Å². The third-order valence-electron chi connectivity index (χ3n) is 4.32. The van der Waals surface area contributed by atoms with Gasteiger partial charge in [0.15, 0.2) is 0 Å². The summed E-state index contributed by atoms with van der Waals surface area (Å²) in [6, 6.07) is 7.50. The van der Waals surface area contributed by atoms with Crippen LogP contribution in [0.25, 0.3) is 0 Å². The summed E-state index contributed by atoms with van der Waals surface area (Å²) in [6.45, 7) is 3.26. The topological polar surface area (TPSA) is 37.4 Å². The summed E-state index contributed by atoms with van der Waals surface area (Å²) in [7, 11) is 1.68. The molecule has 1 aliphatic heterocycles. The Morgan fingerprint density at radius 1 is 1.30 bits per heavy atom. The molecule has 1 saturated carbocycles. The highest BCUT2D eigenvalue weighted by Crippen LogP contribution is 2.22. The van der Waals surface area contributed by atoms with E-state index in [-0.39, 0.29) is 0 Å². The van der Waals surface area contributed by atoms with E-state index in [9.17, 15) is 0 Å². The molecule has 0 spiro atoms. The van der Waals surface area contributed by atoms with E-state index in [4.69, 9.17) is 4.74 Å². The predicted octanol–water partition coefficient (Wildman–Crippen LogP) is 2.20. The molecule has 0 aromatic carbocycles. The zero-order chi connectivity index (χ0) is 13.8. The molecule has 1 aromatic heterocycles. The van der Waals surface area contributed by atoms with Gasteiger partial charge in [-0.05, 0) is 38.3 Å². The van der Waals surface area contributed by atoms with Crippen LogP contribution in [0.3, 0.4) is 0 Å². The van der Waals surface area contributed by atoms with Crippen LogP contribution in [0.1, 0.15) is 37.8 Å². The molecule has 0 amide bonds. The number of aromatic nitrogens is 1. The number of piperidine rings is 1. The van der Waals surface area contributed by atoms with Gasteiger partial charge in [-0.25, -0.2) is 4.98 Å². The molecule has 1 saturated heterocycles. The Bertz CT molecular complexity index is 433. The minimum absolute atomic E-state index is 0.664. The molecule has 1 N–H and O–H groups in total. The van der Waals surface area contributed by atoms with Crippen molar-refractivity contribution in [2.75, 3.05) is 20.2 Å². The van der Waals surface area contributed by atoms with E-state index in [0.717, 1.165) is 24.8 Å². The number of hydrogen-bond donors (Lipinski definition) is 1. The Morgan fingerprint density at radius 3 is 3.00 bits per heavy atom. The van der Waals surface area contributed by atoms with Gasteiger partial charge in [0.1, 0.15) is 0 Å². The molecular weight excluding hydrogens is 250 g/mol. The fourth-order valence-corrected chi connectivity index (χ4v) is 2.96. The van der Waals surface area contributed by atoms with Crippen LogP contribution >= 0.6 is 0 Å². The van der Waals surface area contributed by atoms with Crippen LogP contribution in [0.15, 0.2) is 18.2 Å². The molecule has 1 atom stereocenters. The highest BCUT2D eigenvalue weighted by molar-refractivity contribution is 5.15. The summed E-state index contributed by atoms with van der Waals surface area (Å²) in [6.07, 6.45) is 6.71.